The van der Waals surface area contributed by atoms with Crippen LogP contribution in [-0.4, -0.2) is 17.9 Å². The van der Waals surface area contributed by atoms with Gasteiger partial charge in [-0.15, -0.1) is 11.3 Å². The molecule has 0 fully saturated rings. The van der Waals surface area contributed by atoms with Gasteiger partial charge in [0.05, 0.1) is 5.01 Å². The predicted molar refractivity (Wildman–Crippen MR) is 101 cm³/mol. The minimum atomic E-state index is -0.186. The van der Waals surface area contributed by atoms with Gasteiger partial charge in [0.2, 0.25) is 0 Å². The van der Waals surface area contributed by atoms with E-state index in [0.717, 1.165) is 21.9 Å². The number of thiazole rings is 1. The van der Waals surface area contributed by atoms with Crippen molar-refractivity contribution >= 4 is 28.8 Å². The van der Waals surface area contributed by atoms with E-state index in [2.05, 4.69) is 10.3 Å². The van der Waals surface area contributed by atoms with Gasteiger partial charge in [-0.3, -0.25) is 4.79 Å². The van der Waals surface area contributed by atoms with Crippen LogP contribution in [0.5, 0.6) is 5.75 Å². The molecule has 1 aromatic heterocycles. The zero-order chi connectivity index (χ0) is 17.6. The fourth-order valence-electron chi connectivity index (χ4n) is 2.35. The molecular formula is C19H17ClN2O2S. The lowest BCUT2D eigenvalue weighted by molar-refractivity contribution is 0.0958. The van der Waals surface area contributed by atoms with E-state index in [1.54, 1.807) is 12.4 Å². The highest BCUT2D eigenvalue weighted by Gasteiger charge is 2.12. The smallest absolute Gasteiger partial charge is 0.270 e. The number of hydrogen-bond donors (Lipinski definition) is 1. The van der Waals surface area contributed by atoms with Crippen molar-refractivity contribution in [2.75, 3.05) is 7.05 Å². The van der Waals surface area contributed by atoms with Crippen molar-refractivity contribution in [1.29, 1.82) is 0 Å². The quantitative estimate of drug-likeness (QED) is 0.700. The molecule has 0 radical (unpaired) electrons. The van der Waals surface area contributed by atoms with Gasteiger partial charge in [-0.25, -0.2) is 4.98 Å². The van der Waals surface area contributed by atoms with Gasteiger partial charge in [-0.1, -0.05) is 41.9 Å². The van der Waals surface area contributed by atoms with Crippen LogP contribution < -0.4 is 10.1 Å². The first-order valence-electron chi connectivity index (χ1n) is 7.77. The standard InChI is InChI=1S/C19H17ClN2O2S/c1-21-19(23)16-12-25-18(22-16)10-14-9-15(20)7-8-17(14)24-11-13-5-3-2-4-6-13/h2-9,12H,10-11H2,1H3,(H,21,23). The molecule has 3 rings (SSSR count). The molecule has 1 amide bonds. The second-order valence-corrected chi connectivity index (χ2v) is 6.79. The molecule has 0 saturated carbocycles. The Kier molecular flexibility index (Phi) is 5.68. The molecule has 6 heteroatoms. The summed E-state index contributed by atoms with van der Waals surface area (Å²) in [5.41, 5.74) is 2.47. The summed E-state index contributed by atoms with van der Waals surface area (Å²) in [5.74, 6) is 0.582. The lowest BCUT2D eigenvalue weighted by atomic mass is 10.1. The number of nitrogens with zero attached hydrogens (tertiary/aromatic N) is 1. The maximum absolute atomic E-state index is 11.6. The highest BCUT2D eigenvalue weighted by molar-refractivity contribution is 7.09. The van der Waals surface area contributed by atoms with Crippen molar-refractivity contribution < 1.29 is 9.53 Å². The van der Waals surface area contributed by atoms with Gasteiger partial charge in [0, 0.05) is 29.4 Å². The van der Waals surface area contributed by atoms with Gasteiger partial charge >= 0.3 is 0 Å². The van der Waals surface area contributed by atoms with Crippen molar-refractivity contribution in [1.82, 2.24) is 10.3 Å². The molecule has 0 aliphatic carbocycles. The molecule has 0 aliphatic heterocycles. The summed E-state index contributed by atoms with van der Waals surface area (Å²) >= 11 is 7.59. The van der Waals surface area contributed by atoms with Crippen molar-refractivity contribution in [2.24, 2.45) is 0 Å². The molecule has 0 aliphatic rings. The summed E-state index contributed by atoms with van der Waals surface area (Å²) in [6, 6.07) is 15.5. The minimum absolute atomic E-state index is 0.186. The Morgan fingerprint density at radius 1 is 1.24 bits per heavy atom. The van der Waals surface area contributed by atoms with Crippen LogP contribution >= 0.6 is 22.9 Å². The molecule has 1 N–H and O–H groups in total. The number of nitrogens with one attached hydrogen (secondary N) is 1. The maximum atomic E-state index is 11.6. The van der Waals surface area contributed by atoms with Crippen molar-refractivity contribution in [2.45, 2.75) is 13.0 Å². The zero-order valence-electron chi connectivity index (χ0n) is 13.7. The summed E-state index contributed by atoms with van der Waals surface area (Å²) in [5, 5.41) is 5.81. The fourth-order valence-corrected chi connectivity index (χ4v) is 3.34. The largest absolute Gasteiger partial charge is 0.489 e. The number of ether oxygens (including phenoxy) is 1. The number of benzene rings is 2. The first-order chi connectivity index (χ1) is 12.2. The normalized spacial score (nSPS) is 10.5. The molecule has 0 spiro atoms. The third-order valence-corrected chi connectivity index (χ3v) is 4.70. The Hall–Kier alpha value is -2.37. The lowest BCUT2D eigenvalue weighted by Crippen LogP contribution is -2.18. The van der Waals surface area contributed by atoms with Gasteiger partial charge in [-0.05, 0) is 23.8 Å². The van der Waals surface area contributed by atoms with E-state index in [4.69, 9.17) is 16.3 Å². The average molecular weight is 373 g/mol. The maximum Gasteiger partial charge on any atom is 0.270 e. The molecule has 128 valence electrons. The Morgan fingerprint density at radius 3 is 2.80 bits per heavy atom. The zero-order valence-corrected chi connectivity index (χ0v) is 15.2. The van der Waals surface area contributed by atoms with Crippen LogP contribution in [-0.2, 0) is 13.0 Å². The van der Waals surface area contributed by atoms with Crippen LogP contribution in [0.25, 0.3) is 0 Å². The van der Waals surface area contributed by atoms with Gasteiger partial charge in [0.15, 0.2) is 0 Å². The number of carbonyl (C=O) groups excluding carboxylic acids is 1. The number of halogens is 1. The highest BCUT2D eigenvalue weighted by atomic mass is 35.5. The van der Waals surface area contributed by atoms with Gasteiger partial charge in [-0.2, -0.15) is 0 Å². The van der Waals surface area contributed by atoms with Crippen molar-refractivity contribution in [3.63, 3.8) is 0 Å². The molecule has 2 aromatic carbocycles. The van der Waals surface area contributed by atoms with Crippen LogP contribution in [0.1, 0.15) is 26.6 Å². The number of carbonyl (C=O) groups is 1. The number of rotatable bonds is 6. The third kappa shape index (κ3) is 4.59. The summed E-state index contributed by atoms with van der Waals surface area (Å²) in [6.45, 7) is 0.483. The van der Waals surface area contributed by atoms with Crippen LogP contribution in [0.3, 0.4) is 0 Å². The first-order valence-corrected chi connectivity index (χ1v) is 9.03. The van der Waals surface area contributed by atoms with E-state index in [1.807, 2.05) is 48.5 Å². The van der Waals surface area contributed by atoms with Gasteiger partial charge in [0.1, 0.15) is 18.1 Å². The summed E-state index contributed by atoms with van der Waals surface area (Å²) in [4.78, 5) is 16.0. The van der Waals surface area contributed by atoms with E-state index >= 15 is 0 Å². The van der Waals surface area contributed by atoms with E-state index in [0.29, 0.717) is 23.7 Å². The predicted octanol–water partition coefficient (Wildman–Crippen LogP) is 4.33. The van der Waals surface area contributed by atoms with Crippen molar-refractivity contribution in [3.8, 4) is 5.75 Å². The second kappa shape index (κ2) is 8.14. The number of aromatic nitrogens is 1. The average Bonchev–Trinajstić information content (AvgIpc) is 3.10. The van der Waals surface area contributed by atoms with Crippen LogP contribution in [0.15, 0.2) is 53.9 Å². The molecular weight excluding hydrogens is 356 g/mol. The Bertz CT molecular complexity index is 865. The highest BCUT2D eigenvalue weighted by Crippen LogP contribution is 2.27. The molecule has 25 heavy (non-hydrogen) atoms. The summed E-state index contributed by atoms with van der Waals surface area (Å²) in [7, 11) is 1.59. The fraction of sp³-hybridized carbons (Fsp3) is 0.158. The number of amides is 1. The molecule has 3 aromatic rings. The SMILES string of the molecule is CNC(=O)c1csc(Cc2cc(Cl)ccc2OCc2ccccc2)n1. The Morgan fingerprint density at radius 2 is 2.04 bits per heavy atom. The lowest BCUT2D eigenvalue weighted by Gasteiger charge is -2.11. The van der Waals surface area contributed by atoms with Crippen LogP contribution in [0.2, 0.25) is 5.02 Å². The first kappa shape index (κ1) is 17.5. The van der Waals surface area contributed by atoms with E-state index in [9.17, 15) is 4.79 Å². The topological polar surface area (TPSA) is 51.2 Å². The summed E-state index contributed by atoms with van der Waals surface area (Å²) < 4.78 is 5.96. The molecule has 0 unspecified atom stereocenters. The minimum Gasteiger partial charge on any atom is -0.489 e. The van der Waals surface area contributed by atoms with E-state index in [-0.39, 0.29) is 5.91 Å². The van der Waals surface area contributed by atoms with Gasteiger partial charge in [0.25, 0.3) is 5.91 Å². The number of hydrogen-bond acceptors (Lipinski definition) is 4. The Balaban J connectivity index is 1.77. The molecule has 0 bridgehead atoms. The van der Waals surface area contributed by atoms with Crippen LogP contribution in [0, 0.1) is 0 Å². The van der Waals surface area contributed by atoms with Gasteiger partial charge < -0.3 is 10.1 Å². The van der Waals surface area contributed by atoms with Crippen molar-refractivity contribution in [3.05, 3.63) is 80.8 Å². The van der Waals surface area contributed by atoms with E-state index in [1.165, 1.54) is 11.3 Å². The molecule has 0 saturated heterocycles. The Labute approximate surface area is 155 Å². The molecule has 1 heterocycles. The van der Waals surface area contributed by atoms with Crippen LogP contribution in [0.4, 0.5) is 0 Å². The van der Waals surface area contributed by atoms with E-state index < -0.39 is 0 Å². The molecule has 0 atom stereocenters. The monoisotopic (exact) mass is 372 g/mol. The second-order valence-electron chi connectivity index (χ2n) is 5.41. The third-order valence-electron chi connectivity index (χ3n) is 3.61. The molecule has 4 nitrogen and oxygen atoms in total. The summed E-state index contributed by atoms with van der Waals surface area (Å²) in [6.07, 6.45) is 0.562.